The Morgan fingerprint density at radius 3 is 2.71 bits per heavy atom. The molecule has 0 radical (unpaired) electrons. The Balaban J connectivity index is 2.24. The predicted molar refractivity (Wildman–Crippen MR) is 79.8 cm³/mol. The molecule has 0 aliphatic carbocycles. The van der Waals surface area contributed by atoms with Gasteiger partial charge in [0.1, 0.15) is 5.82 Å². The quantitative estimate of drug-likeness (QED) is 0.798. The van der Waals surface area contributed by atoms with Crippen LogP contribution in [0.15, 0.2) is 42.5 Å². The first-order valence-corrected chi connectivity index (χ1v) is 6.88. The molecule has 5 heteroatoms. The molecule has 0 atom stereocenters. The van der Waals surface area contributed by atoms with Crippen molar-refractivity contribution in [3.63, 3.8) is 0 Å². The van der Waals surface area contributed by atoms with Gasteiger partial charge in [-0.05, 0) is 17.9 Å². The zero-order chi connectivity index (χ0) is 14.8. The molecule has 1 aromatic heterocycles. The van der Waals surface area contributed by atoms with Crippen molar-refractivity contribution in [1.82, 2.24) is 14.8 Å². The molecule has 0 aliphatic rings. The molecule has 0 amide bonds. The summed E-state index contributed by atoms with van der Waals surface area (Å²) >= 11 is 0. The Morgan fingerprint density at radius 1 is 1.19 bits per heavy atom. The van der Waals surface area contributed by atoms with Crippen LogP contribution in [0, 0.1) is 0 Å². The molecule has 1 N–H and O–H groups in total. The summed E-state index contributed by atoms with van der Waals surface area (Å²) in [6.07, 6.45) is 1.56. The number of hydrogen-bond acceptors (Lipinski definition) is 3. The van der Waals surface area contributed by atoms with Crippen molar-refractivity contribution >= 4 is 16.7 Å². The highest BCUT2D eigenvalue weighted by Crippen LogP contribution is 2.23. The summed E-state index contributed by atoms with van der Waals surface area (Å²) in [4.78, 5) is 15.3. The fourth-order valence-corrected chi connectivity index (χ4v) is 2.41. The van der Waals surface area contributed by atoms with Gasteiger partial charge in [0.25, 0.3) is 5.82 Å². The number of rotatable bonds is 4. The molecule has 1 heterocycles. The number of aromatic carboxylic acids is 1. The van der Waals surface area contributed by atoms with E-state index in [1.165, 1.54) is 0 Å². The number of aromatic nitrogens is 3. The lowest BCUT2D eigenvalue weighted by Gasteiger charge is -2.08. The maximum absolute atomic E-state index is 11.1. The number of carboxylic acid groups (broad SMARTS) is 1. The Morgan fingerprint density at radius 2 is 1.95 bits per heavy atom. The van der Waals surface area contributed by atoms with Crippen LogP contribution >= 0.6 is 0 Å². The average Bonchev–Trinajstić information content (AvgIpc) is 2.91. The van der Waals surface area contributed by atoms with Gasteiger partial charge < -0.3 is 5.11 Å². The minimum atomic E-state index is -1.11. The zero-order valence-corrected chi connectivity index (χ0v) is 11.7. The Bertz CT molecular complexity index is 803. The number of hydrogen-bond donors (Lipinski definition) is 1. The lowest BCUT2D eigenvalue weighted by atomic mass is 10.1. The van der Waals surface area contributed by atoms with E-state index in [0.717, 1.165) is 22.9 Å². The van der Waals surface area contributed by atoms with Gasteiger partial charge in [-0.3, -0.25) is 0 Å². The van der Waals surface area contributed by atoms with Crippen LogP contribution in [0.4, 0.5) is 0 Å². The Labute approximate surface area is 121 Å². The van der Waals surface area contributed by atoms with Crippen LogP contribution in [0.3, 0.4) is 0 Å². The topological polar surface area (TPSA) is 68.0 Å². The third kappa shape index (κ3) is 2.38. The third-order valence-corrected chi connectivity index (χ3v) is 3.33. The zero-order valence-electron chi connectivity index (χ0n) is 11.7. The van der Waals surface area contributed by atoms with Gasteiger partial charge in [0.2, 0.25) is 0 Å². The normalized spacial score (nSPS) is 10.9. The van der Waals surface area contributed by atoms with E-state index < -0.39 is 5.97 Å². The maximum atomic E-state index is 11.1. The SMILES string of the molecule is CCCc1nc(C(=O)O)nn1-c1cccc2ccccc12. The summed E-state index contributed by atoms with van der Waals surface area (Å²) < 4.78 is 1.65. The first-order chi connectivity index (χ1) is 10.2. The molecule has 0 spiro atoms. The number of carbonyl (C=O) groups is 1. The van der Waals surface area contributed by atoms with E-state index >= 15 is 0 Å². The molecule has 0 bridgehead atoms. The molecule has 3 rings (SSSR count). The smallest absolute Gasteiger partial charge is 0.375 e. The minimum Gasteiger partial charge on any atom is -0.475 e. The van der Waals surface area contributed by atoms with Gasteiger partial charge >= 0.3 is 5.97 Å². The van der Waals surface area contributed by atoms with Crippen molar-refractivity contribution < 1.29 is 9.90 Å². The van der Waals surface area contributed by atoms with Gasteiger partial charge in [0, 0.05) is 11.8 Å². The maximum Gasteiger partial charge on any atom is 0.375 e. The lowest BCUT2D eigenvalue weighted by molar-refractivity contribution is 0.0683. The molecule has 3 aromatic rings. The van der Waals surface area contributed by atoms with E-state index in [1.807, 2.05) is 49.4 Å². The molecule has 0 saturated heterocycles. The van der Waals surface area contributed by atoms with Gasteiger partial charge in [-0.25, -0.2) is 14.5 Å². The fourth-order valence-electron chi connectivity index (χ4n) is 2.41. The molecule has 0 unspecified atom stereocenters. The van der Waals surface area contributed by atoms with E-state index in [1.54, 1.807) is 4.68 Å². The van der Waals surface area contributed by atoms with E-state index in [-0.39, 0.29) is 5.82 Å². The average molecular weight is 281 g/mol. The summed E-state index contributed by atoms with van der Waals surface area (Å²) in [5, 5.41) is 15.4. The molecule has 0 aliphatic heterocycles. The van der Waals surface area contributed by atoms with Gasteiger partial charge in [0.15, 0.2) is 0 Å². The molecule has 21 heavy (non-hydrogen) atoms. The molecule has 0 fully saturated rings. The predicted octanol–water partition coefficient (Wildman–Crippen LogP) is 3.07. The summed E-state index contributed by atoms with van der Waals surface area (Å²) in [5.41, 5.74) is 0.858. The van der Waals surface area contributed by atoms with Crippen molar-refractivity contribution in [2.24, 2.45) is 0 Å². The van der Waals surface area contributed by atoms with E-state index in [0.29, 0.717) is 12.2 Å². The number of carboxylic acids is 1. The van der Waals surface area contributed by atoms with Gasteiger partial charge in [-0.2, -0.15) is 0 Å². The second-order valence-corrected chi connectivity index (χ2v) is 4.82. The highest BCUT2D eigenvalue weighted by atomic mass is 16.4. The molecular formula is C16H15N3O2. The third-order valence-electron chi connectivity index (χ3n) is 3.33. The van der Waals surface area contributed by atoms with Crippen LogP contribution in [-0.4, -0.2) is 25.8 Å². The Hall–Kier alpha value is -2.69. The summed E-state index contributed by atoms with van der Waals surface area (Å²) in [5.74, 6) is -0.594. The summed E-state index contributed by atoms with van der Waals surface area (Å²) in [7, 11) is 0. The van der Waals surface area contributed by atoms with Crippen molar-refractivity contribution in [1.29, 1.82) is 0 Å². The molecular weight excluding hydrogens is 266 g/mol. The molecule has 0 saturated carbocycles. The summed E-state index contributed by atoms with van der Waals surface area (Å²) in [6.45, 7) is 2.03. The van der Waals surface area contributed by atoms with E-state index in [2.05, 4.69) is 10.1 Å². The van der Waals surface area contributed by atoms with Gasteiger partial charge in [-0.1, -0.05) is 43.3 Å². The van der Waals surface area contributed by atoms with Crippen LogP contribution in [-0.2, 0) is 6.42 Å². The first-order valence-electron chi connectivity index (χ1n) is 6.88. The lowest BCUT2D eigenvalue weighted by Crippen LogP contribution is -2.04. The largest absolute Gasteiger partial charge is 0.475 e. The van der Waals surface area contributed by atoms with Crippen molar-refractivity contribution in [2.75, 3.05) is 0 Å². The van der Waals surface area contributed by atoms with Crippen LogP contribution in [0.25, 0.3) is 16.5 Å². The fraction of sp³-hybridized carbons (Fsp3) is 0.188. The van der Waals surface area contributed by atoms with Gasteiger partial charge in [-0.15, -0.1) is 5.10 Å². The number of nitrogens with zero attached hydrogens (tertiary/aromatic N) is 3. The van der Waals surface area contributed by atoms with E-state index in [9.17, 15) is 4.79 Å². The minimum absolute atomic E-state index is 0.161. The Kier molecular flexibility index (Phi) is 3.39. The van der Waals surface area contributed by atoms with Crippen molar-refractivity contribution in [3.05, 3.63) is 54.1 Å². The second-order valence-electron chi connectivity index (χ2n) is 4.82. The molecule has 106 valence electrons. The van der Waals surface area contributed by atoms with E-state index in [4.69, 9.17) is 5.11 Å². The molecule has 5 nitrogen and oxygen atoms in total. The molecule has 2 aromatic carbocycles. The second kappa shape index (κ2) is 5.36. The monoisotopic (exact) mass is 281 g/mol. The van der Waals surface area contributed by atoms with Crippen LogP contribution < -0.4 is 0 Å². The summed E-state index contributed by atoms with van der Waals surface area (Å²) in [6, 6.07) is 13.9. The highest BCUT2D eigenvalue weighted by Gasteiger charge is 2.17. The number of aryl methyl sites for hydroxylation is 1. The van der Waals surface area contributed by atoms with Crippen LogP contribution in [0.1, 0.15) is 29.8 Å². The van der Waals surface area contributed by atoms with Crippen molar-refractivity contribution in [3.8, 4) is 5.69 Å². The van der Waals surface area contributed by atoms with Crippen molar-refractivity contribution in [2.45, 2.75) is 19.8 Å². The standard InChI is InChI=1S/C16H15N3O2/c1-2-6-14-17-15(16(20)21)18-19(14)13-10-5-8-11-7-3-4-9-12(11)13/h3-5,7-10H,2,6H2,1H3,(H,20,21). The van der Waals surface area contributed by atoms with Crippen LogP contribution in [0.5, 0.6) is 0 Å². The highest BCUT2D eigenvalue weighted by molar-refractivity contribution is 5.90. The number of fused-ring (bicyclic) bond motifs is 1. The first kappa shape index (κ1) is 13.3. The number of benzene rings is 2. The van der Waals surface area contributed by atoms with Crippen LogP contribution in [0.2, 0.25) is 0 Å². The van der Waals surface area contributed by atoms with Gasteiger partial charge in [0.05, 0.1) is 5.69 Å².